The molecule has 1 N–H and O–H groups in total. The molecule has 0 spiro atoms. The molecule has 0 saturated heterocycles. The van der Waals surface area contributed by atoms with E-state index in [0.29, 0.717) is 0 Å². The van der Waals surface area contributed by atoms with Gasteiger partial charge in [0.25, 0.3) is 0 Å². The lowest BCUT2D eigenvalue weighted by molar-refractivity contribution is -0.136. The van der Waals surface area contributed by atoms with Crippen LogP contribution < -0.4 is 4.72 Å². The molecule has 0 bridgehead atoms. The van der Waals surface area contributed by atoms with Crippen molar-refractivity contribution in [3.63, 3.8) is 0 Å². The highest BCUT2D eigenvalue weighted by atomic mass is 79.9. The molecule has 0 aliphatic carbocycles. The lowest BCUT2D eigenvalue weighted by Gasteiger charge is -2.14. The number of hydrogen-bond acceptors (Lipinski definition) is 2. The van der Waals surface area contributed by atoms with Crippen LogP contribution in [0.1, 0.15) is 12.5 Å². The fourth-order valence-corrected chi connectivity index (χ4v) is 2.10. The summed E-state index contributed by atoms with van der Waals surface area (Å²) in [5, 5.41) is 0. The van der Waals surface area contributed by atoms with Crippen molar-refractivity contribution in [2.75, 3.05) is 10.5 Å². The molecule has 0 aliphatic heterocycles. The SMILES string of the molecule is CCS(=O)(=O)Nc1ccc(Br)cc1C(F)(F)F. The second-order valence-electron chi connectivity index (χ2n) is 3.19. The molecule has 0 radical (unpaired) electrons. The number of halogens is 4. The van der Waals surface area contributed by atoms with Gasteiger partial charge in [-0.15, -0.1) is 0 Å². The number of nitrogens with one attached hydrogen (secondary N) is 1. The molecule has 1 aromatic rings. The first-order valence-corrected chi connectivity index (χ1v) is 6.97. The Labute approximate surface area is 105 Å². The predicted molar refractivity (Wildman–Crippen MR) is 62.2 cm³/mol. The van der Waals surface area contributed by atoms with Crippen molar-refractivity contribution in [3.8, 4) is 0 Å². The van der Waals surface area contributed by atoms with E-state index in [9.17, 15) is 21.6 Å². The third-order valence-electron chi connectivity index (χ3n) is 1.93. The maximum atomic E-state index is 12.7. The summed E-state index contributed by atoms with van der Waals surface area (Å²) in [4.78, 5) is 0. The van der Waals surface area contributed by atoms with E-state index >= 15 is 0 Å². The third-order valence-corrected chi connectivity index (χ3v) is 3.72. The van der Waals surface area contributed by atoms with Gasteiger partial charge in [0, 0.05) is 4.47 Å². The summed E-state index contributed by atoms with van der Waals surface area (Å²) in [5.74, 6) is -0.291. The summed E-state index contributed by atoms with van der Waals surface area (Å²) in [6.45, 7) is 1.34. The van der Waals surface area contributed by atoms with Gasteiger partial charge in [-0.05, 0) is 25.1 Å². The molecule has 0 aliphatic rings. The summed E-state index contributed by atoms with van der Waals surface area (Å²) < 4.78 is 62.6. The van der Waals surface area contributed by atoms with Gasteiger partial charge in [-0.2, -0.15) is 13.2 Å². The number of anilines is 1. The van der Waals surface area contributed by atoms with E-state index in [0.717, 1.165) is 12.1 Å². The van der Waals surface area contributed by atoms with E-state index in [4.69, 9.17) is 0 Å². The van der Waals surface area contributed by atoms with E-state index in [1.54, 1.807) is 0 Å². The largest absolute Gasteiger partial charge is 0.418 e. The fourth-order valence-electron chi connectivity index (χ4n) is 1.08. The molecular weight excluding hydrogens is 323 g/mol. The van der Waals surface area contributed by atoms with Crippen LogP contribution in [-0.4, -0.2) is 14.2 Å². The Morgan fingerprint density at radius 1 is 1.35 bits per heavy atom. The summed E-state index contributed by atoms with van der Waals surface area (Å²) in [6.07, 6.45) is -4.62. The van der Waals surface area contributed by atoms with Crippen LogP contribution in [0.5, 0.6) is 0 Å². The molecular formula is C9H9BrF3NO2S. The zero-order chi connectivity index (χ0) is 13.3. The topological polar surface area (TPSA) is 46.2 Å². The summed E-state index contributed by atoms with van der Waals surface area (Å²) in [6, 6.07) is 3.23. The molecule has 17 heavy (non-hydrogen) atoms. The minimum absolute atomic E-state index is 0.226. The van der Waals surface area contributed by atoms with Crippen molar-refractivity contribution >= 4 is 31.6 Å². The van der Waals surface area contributed by atoms with Crippen molar-refractivity contribution in [2.45, 2.75) is 13.1 Å². The average molecular weight is 332 g/mol. The van der Waals surface area contributed by atoms with Crippen molar-refractivity contribution in [3.05, 3.63) is 28.2 Å². The highest BCUT2D eigenvalue weighted by Crippen LogP contribution is 2.36. The van der Waals surface area contributed by atoms with E-state index in [1.807, 2.05) is 4.72 Å². The van der Waals surface area contributed by atoms with Crippen molar-refractivity contribution in [2.24, 2.45) is 0 Å². The van der Waals surface area contributed by atoms with Gasteiger partial charge in [-0.1, -0.05) is 15.9 Å². The predicted octanol–water partition coefficient (Wildman–Crippen LogP) is 3.23. The minimum atomic E-state index is -4.62. The monoisotopic (exact) mass is 331 g/mol. The Kier molecular flexibility index (Phi) is 4.08. The van der Waals surface area contributed by atoms with Gasteiger partial charge in [0.2, 0.25) is 10.0 Å². The smallest absolute Gasteiger partial charge is 0.283 e. The number of benzene rings is 1. The molecule has 0 saturated carbocycles. The maximum Gasteiger partial charge on any atom is 0.418 e. The molecule has 0 amide bonds. The first-order valence-electron chi connectivity index (χ1n) is 4.53. The fraction of sp³-hybridized carbons (Fsp3) is 0.333. The van der Waals surface area contributed by atoms with Crippen LogP contribution in [-0.2, 0) is 16.2 Å². The Hall–Kier alpha value is -0.760. The average Bonchev–Trinajstić information content (AvgIpc) is 2.19. The summed E-state index contributed by atoms with van der Waals surface area (Å²) >= 11 is 2.91. The van der Waals surface area contributed by atoms with Gasteiger partial charge in [0.1, 0.15) is 0 Å². The summed E-state index contributed by atoms with van der Waals surface area (Å²) in [5.41, 5.74) is -1.49. The van der Waals surface area contributed by atoms with Crippen LogP contribution in [0.15, 0.2) is 22.7 Å². The summed E-state index contributed by atoms with van der Waals surface area (Å²) in [7, 11) is -3.73. The van der Waals surface area contributed by atoms with Gasteiger partial charge in [0.15, 0.2) is 0 Å². The molecule has 1 rings (SSSR count). The second kappa shape index (κ2) is 4.85. The van der Waals surface area contributed by atoms with Crippen LogP contribution in [0, 0.1) is 0 Å². The van der Waals surface area contributed by atoms with Crippen LogP contribution >= 0.6 is 15.9 Å². The van der Waals surface area contributed by atoms with Gasteiger partial charge >= 0.3 is 6.18 Å². The number of alkyl halides is 3. The quantitative estimate of drug-likeness (QED) is 0.924. The van der Waals surface area contributed by atoms with Gasteiger partial charge < -0.3 is 0 Å². The number of rotatable bonds is 3. The van der Waals surface area contributed by atoms with E-state index in [1.165, 1.54) is 13.0 Å². The van der Waals surface area contributed by atoms with E-state index < -0.39 is 27.5 Å². The van der Waals surface area contributed by atoms with Crippen molar-refractivity contribution in [1.82, 2.24) is 0 Å². The Morgan fingerprint density at radius 3 is 2.41 bits per heavy atom. The van der Waals surface area contributed by atoms with E-state index in [-0.39, 0.29) is 10.2 Å². The van der Waals surface area contributed by atoms with Crippen LogP contribution in [0.2, 0.25) is 0 Å². The highest BCUT2D eigenvalue weighted by Gasteiger charge is 2.34. The molecule has 0 unspecified atom stereocenters. The van der Waals surface area contributed by atoms with Crippen LogP contribution in [0.3, 0.4) is 0 Å². The Morgan fingerprint density at radius 2 is 1.94 bits per heavy atom. The molecule has 0 heterocycles. The Balaban J connectivity index is 3.26. The maximum absolute atomic E-state index is 12.7. The minimum Gasteiger partial charge on any atom is -0.283 e. The highest BCUT2D eigenvalue weighted by molar-refractivity contribution is 9.10. The normalized spacial score (nSPS) is 12.5. The first-order chi connectivity index (χ1) is 7.65. The van der Waals surface area contributed by atoms with E-state index in [2.05, 4.69) is 15.9 Å². The third kappa shape index (κ3) is 3.88. The standard InChI is InChI=1S/C9H9BrF3NO2S/c1-2-17(15,16)14-8-4-3-6(10)5-7(8)9(11,12)13/h3-5,14H,2H2,1H3. The van der Waals surface area contributed by atoms with Crippen LogP contribution in [0.25, 0.3) is 0 Å². The molecule has 3 nitrogen and oxygen atoms in total. The van der Waals surface area contributed by atoms with Gasteiger partial charge in [-0.25, -0.2) is 8.42 Å². The Bertz CT molecular complexity index is 513. The number of sulfonamides is 1. The first kappa shape index (κ1) is 14.3. The molecule has 96 valence electrons. The number of hydrogen-bond donors (Lipinski definition) is 1. The zero-order valence-electron chi connectivity index (χ0n) is 8.68. The van der Waals surface area contributed by atoms with Gasteiger partial charge in [0.05, 0.1) is 17.0 Å². The molecule has 8 heteroatoms. The lowest BCUT2D eigenvalue weighted by atomic mass is 10.2. The molecule has 0 aromatic heterocycles. The molecule has 0 atom stereocenters. The molecule has 1 aromatic carbocycles. The second-order valence-corrected chi connectivity index (χ2v) is 6.12. The van der Waals surface area contributed by atoms with Crippen molar-refractivity contribution in [1.29, 1.82) is 0 Å². The lowest BCUT2D eigenvalue weighted by Crippen LogP contribution is -2.18. The van der Waals surface area contributed by atoms with Crippen molar-refractivity contribution < 1.29 is 21.6 Å². The van der Waals surface area contributed by atoms with Crippen LogP contribution in [0.4, 0.5) is 18.9 Å². The van der Waals surface area contributed by atoms with Gasteiger partial charge in [-0.3, -0.25) is 4.72 Å². The molecule has 0 fully saturated rings. The zero-order valence-corrected chi connectivity index (χ0v) is 11.1.